The number of nitrogens with zero attached hydrogens (tertiary/aromatic N) is 1. The van der Waals surface area contributed by atoms with Gasteiger partial charge in [0.15, 0.2) is 0 Å². The second kappa shape index (κ2) is 5.10. The fourth-order valence-corrected chi connectivity index (χ4v) is 1.79. The van der Waals surface area contributed by atoms with Crippen LogP contribution in [0.15, 0.2) is 49.0 Å². The van der Waals surface area contributed by atoms with Gasteiger partial charge in [-0.15, -0.1) is 0 Å². The maximum absolute atomic E-state index is 13.8. The van der Waals surface area contributed by atoms with E-state index in [1.54, 1.807) is 24.1 Å². The Morgan fingerprint density at radius 2 is 1.89 bits per heavy atom. The zero-order valence-electron chi connectivity index (χ0n) is 10.5. The molecule has 0 saturated heterocycles. The average Bonchev–Trinajstić information content (AvgIpc) is 2.40. The van der Waals surface area contributed by atoms with E-state index in [2.05, 4.69) is 6.58 Å². The van der Waals surface area contributed by atoms with Crippen molar-refractivity contribution in [1.29, 1.82) is 0 Å². The van der Waals surface area contributed by atoms with Gasteiger partial charge in [0.05, 0.1) is 0 Å². The van der Waals surface area contributed by atoms with Crippen molar-refractivity contribution in [1.82, 2.24) is 0 Å². The molecule has 0 amide bonds. The number of nitrogen functional groups attached to an aromatic ring is 1. The van der Waals surface area contributed by atoms with Gasteiger partial charge in [-0.25, -0.2) is 8.78 Å². The third kappa shape index (κ3) is 2.73. The highest BCUT2D eigenvalue weighted by Crippen LogP contribution is 2.26. The van der Waals surface area contributed by atoms with Crippen molar-refractivity contribution in [2.45, 2.75) is 0 Å². The third-order valence-electron chi connectivity index (χ3n) is 2.90. The van der Waals surface area contributed by atoms with Gasteiger partial charge in [0.2, 0.25) is 0 Å². The van der Waals surface area contributed by atoms with E-state index in [0.717, 1.165) is 0 Å². The lowest BCUT2D eigenvalue weighted by molar-refractivity contribution is 0.623. The van der Waals surface area contributed by atoms with Crippen LogP contribution in [-0.2, 0) is 0 Å². The second-order valence-electron chi connectivity index (χ2n) is 4.22. The van der Waals surface area contributed by atoms with Crippen LogP contribution >= 0.6 is 0 Å². The standard InChI is InChI=1S/C15H14F2N2/c1-10(14-9-12(18)6-7-15(14)17)19(2)13-5-3-4-11(16)8-13/h3-9H,1,18H2,2H3. The van der Waals surface area contributed by atoms with Crippen LogP contribution in [0.4, 0.5) is 20.2 Å². The van der Waals surface area contributed by atoms with Gasteiger partial charge in [-0.05, 0) is 36.4 Å². The summed E-state index contributed by atoms with van der Waals surface area (Å²) in [5.41, 5.74) is 7.39. The van der Waals surface area contributed by atoms with Crippen LogP contribution in [0, 0.1) is 11.6 Å². The molecule has 0 atom stereocenters. The molecule has 0 spiro atoms. The van der Waals surface area contributed by atoms with Crippen LogP contribution in [-0.4, -0.2) is 7.05 Å². The molecule has 19 heavy (non-hydrogen) atoms. The van der Waals surface area contributed by atoms with Crippen molar-refractivity contribution in [3.05, 3.63) is 66.2 Å². The highest BCUT2D eigenvalue weighted by Gasteiger charge is 2.12. The minimum absolute atomic E-state index is 0.298. The fourth-order valence-electron chi connectivity index (χ4n) is 1.79. The van der Waals surface area contributed by atoms with E-state index in [1.807, 2.05) is 0 Å². The van der Waals surface area contributed by atoms with Crippen molar-refractivity contribution in [3.8, 4) is 0 Å². The average molecular weight is 260 g/mol. The molecule has 0 bridgehead atoms. The SMILES string of the molecule is C=C(c1cc(N)ccc1F)N(C)c1cccc(F)c1. The van der Waals surface area contributed by atoms with Crippen LogP contribution in [0.2, 0.25) is 0 Å². The summed E-state index contributed by atoms with van der Waals surface area (Å²) in [6.45, 7) is 3.84. The van der Waals surface area contributed by atoms with Gasteiger partial charge >= 0.3 is 0 Å². The summed E-state index contributed by atoms with van der Waals surface area (Å²) in [5.74, 6) is -0.771. The lowest BCUT2D eigenvalue weighted by Gasteiger charge is -2.22. The second-order valence-corrected chi connectivity index (χ2v) is 4.22. The topological polar surface area (TPSA) is 29.3 Å². The number of rotatable bonds is 3. The van der Waals surface area contributed by atoms with Gasteiger partial charge in [-0.3, -0.25) is 0 Å². The van der Waals surface area contributed by atoms with Gasteiger partial charge < -0.3 is 10.6 Å². The Bertz CT molecular complexity index is 623. The Labute approximate surface area is 110 Å². The van der Waals surface area contributed by atoms with E-state index in [9.17, 15) is 8.78 Å². The van der Waals surface area contributed by atoms with Crippen molar-refractivity contribution < 1.29 is 8.78 Å². The van der Waals surface area contributed by atoms with E-state index >= 15 is 0 Å². The Balaban J connectivity index is 2.36. The molecule has 0 aliphatic heterocycles. The number of halogens is 2. The highest BCUT2D eigenvalue weighted by molar-refractivity contribution is 5.78. The molecule has 2 N–H and O–H groups in total. The molecule has 0 aliphatic carbocycles. The molecule has 0 aliphatic rings. The Morgan fingerprint density at radius 1 is 1.16 bits per heavy atom. The maximum Gasteiger partial charge on any atom is 0.132 e. The first-order chi connectivity index (χ1) is 8.99. The third-order valence-corrected chi connectivity index (χ3v) is 2.90. The molecule has 98 valence electrons. The number of nitrogens with two attached hydrogens (primary N) is 1. The summed E-state index contributed by atoms with van der Waals surface area (Å²) in [6.07, 6.45) is 0. The Hall–Kier alpha value is -2.36. The normalized spacial score (nSPS) is 10.3. The largest absolute Gasteiger partial charge is 0.399 e. The van der Waals surface area contributed by atoms with Crippen LogP contribution in [0.5, 0.6) is 0 Å². The van der Waals surface area contributed by atoms with Crippen molar-refractivity contribution in [3.63, 3.8) is 0 Å². The number of anilines is 2. The Kier molecular flexibility index (Phi) is 3.51. The number of hydrogen-bond acceptors (Lipinski definition) is 2. The summed E-state index contributed by atoms with van der Waals surface area (Å²) < 4.78 is 26.9. The van der Waals surface area contributed by atoms with E-state index < -0.39 is 5.82 Å². The fraction of sp³-hybridized carbons (Fsp3) is 0.0667. The van der Waals surface area contributed by atoms with Crippen LogP contribution in [0.3, 0.4) is 0 Å². The monoisotopic (exact) mass is 260 g/mol. The lowest BCUT2D eigenvalue weighted by atomic mass is 10.1. The van der Waals surface area contributed by atoms with Crippen molar-refractivity contribution in [2.24, 2.45) is 0 Å². The molecule has 0 fully saturated rings. The molecule has 2 rings (SSSR count). The highest BCUT2D eigenvalue weighted by atomic mass is 19.1. The molecule has 2 aromatic rings. The van der Waals surface area contributed by atoms with Gasteiger partial charge in [-0.2, -0.15) is 0 Å². The molecule has 0 unspecified atom stereocenters. The summed E-state index contributed by atoms with van der Waals surface area (Å²) in [4.78, 5) is 1.61. The molecule has 0 heterocycles. The smallest absolute Gasteiger partial charge is 0.132 e. The van der Waals surface area contributed by atoms with E-state index in [1.165, 1.54) is 30.3 Å². The number of benzene rings is 2. The predicted octanol–water partition coefficient (Wildman–Crippen LogP) is 3.65. The minimum atomic E-state index is -0.414. The van der Waals surface area contributed by atoms with Crippen molar-refractivity contribution >= 4 is 17.1 Å². The van der Waals surface area contributed by atoms with E-state index in [4.69, 9.17) is 5.73 Å². The van der Waals surface area contributed by atoms with E-state index in [0.29, 0.717) is 22.6 Å². The van der Waals surface area contributed by atoms with Gasteiger partial charge in [-0.1, -0.05) is 12.6 Å². The van der Waals surface area contributed by atoms with Crippen LogP contribution < -0.4 is 10.6 Å². The van der Waals surface area contributed by atoms with Crippen molar-refractivity contribution in [2.75, 3.05) is 17.7 Å². The first-order valence-corrected chi connectivity index (χ1v) is 5.72. The zero-order valence-corrected chi connectivity index (χ0v) is 10.5. The first kappa shape index (κ1) is 13.1. The molecule has 0 radical (unpaired) electrons. The van der Waals surface area contributed by atoms with E-state index in [-0.39, 0.29) is 5.82 Å². The summed E-state index contributed by atoms with van der Waals surface area (Å²) in [6, 6.07) is 10.3. The summed E-state index contributed by atoms with van der Waals surface area (Å²) in [7, 11) is 1.69. The molecule has 2 aromatic carbocycles. The quantitative estimate of drug-likeness (QED) is 0.853. The predicted molar refractivity (Wildman–Crippen MR) is 74.6 cm³/mol. The molecular formula is C15H14F2N2. The molecule has 0 aromatic heterocycles. The van der Waals surface area contributed by atoms with Gasteiger partial charge in [0.25, 0.3) is 0 Å². The summed E-state index contributed by atoms with van der Waals surface area (Å²) >= 11 is 0. The molecular weight excluding hydrogens is 246 g/mol. The minimum Gasteiger partial charge on any atom is -0.399 e. The summed E-state index contributed by atoms with van der Waals surface area (Å²) in [5, 5.41) is 0. The molecule has 2 nitrogen and oxygen atoms in total. The molecule has 4 heteroatoms. The van der Waals surface area contributed by atoms with Gasteiger partial charge in [0.1, 0.15) is 11.6 Å². The number of hydrogen-bond donors (Lipinski definition) is 1. The van der Waals surface area contributed by atoms with Crippen LogP contribution in [0.25, 0.3) is 5.70 Å². The van der Waals surface area contributed by atoms with Gasteiger partial charge in [0, 0.05) is 29.7 Å². The zero-order chi connectivity index (χ0) is 14.0. The van der Waals surface area contributed by atoms with Crippen LogP contribution in [0.1, 0.15) is 5.56 Å². The lowest BCUT2D eigenvalue weighted by Crippen LogP contribution is -2.15. The Morgan fingerprint density at radius 3 is 2.58 bits per heavy atom. The first-order valence-electron chi connectivity index (χ1n) is 5.72. The maximum atomic E-state index is 13.8. The molecule has 0 saturated carbocycles.